The van der Waals surface area contributed by atoms with Gasteiger partial charge in [-0.25, -0.2) is 9.97 Å². The number of piperidine rings is 1. The Balaban J connectivity index is 2.17. The SMILES string of the molecule is CN1CCC(N(C)c2ncnc(NC(C)(C)C)c2N)CC1. The molecule has 2 heterocycles. The van der Waals surface area contributed by atoms with Crippen molar-refractivity contribution in [2.24, 2.45) is 0 Å². The average molecular weight is 292 g/mol. The molecular formula is C15H28N6. The Hall–Kier alpha value is -1.56. The highest BCUT2D eigenvalue weighted by Gasteiger charge is 2.24. The van der Waals surface area contributed by atoms with Gasteiger partial charge in [0.2, 0.25) is 0 Å². The molecule has 3 N–H and O–H groups in total. The number of likely N-dealkylation sites (tertiary alicyclic amines) is 1. The number of rotatable bonds is 3. The molecule has 0 radical (unpaired) electrons. The van der Waals surface area contributed by atoms with E-state index >= 15 is 0 Å². The number of aromatic nitrogens is 2. The Morgan fingerprint density at radius 3 is 2.48 bits per heavy atom. The summed E-state index contributed by atoms with van der Waals surface area (Å²) in [7, 11) is 4.25. The highest BCUT2D eigenvalue weighted by atomic mass is 15.2. The van der Waals surface area contributed by atoms with Crippen LogP contribution in [0.15, 0.2) is 6.33 Å². The van der Waals surface area contributed by atoms with Crippen molar-refractivity contribution < 1.29 is 0 Å². The smallest absolute Gasteiger partial charge is 0.157 e. The van der Waals surface area contributed by atoms with Gasteiger partial charge in [0.15, 0.2) is 11.6 Å². The summed E-state index contributed by atoms with van der Waals surface area (Å²) in [6, 6.07) is 0.487. The van der Waals surface area contributed by atoms with Crippen LogP contribution in [0.5, 0.6) is 0 Å². The van der Waals surface area contributed by atoms with Crippen LogP contribution in [0.25, 0.3) is 0 Å². The molecule has 2 rings (SSSR count). The zero-order valence-electron chi connectivity index (χ0n) is 13.8. The molecule has 6 nitrogen and oxygen atoms in total. The van der Waals surface area contributed by atoms with E-state index in [1.54, 1.807) is 6.33 Å². The van der Waals surface area contributed by atoms with Gasteiger partial charge in [-0.05, 0) is 53.8 Å². The van der Waals surface area contributed by atoms with Crippen LogP contribution >= 0.6 is 0 Å². The van der Waals surface area contributed by atoms with Gasteiger partial charge >= 0.3 is 0 Å². The fourth-order valence-corrected chi connectivity index (χ4v) is 2.68. The van der Waals surface area contributed by atoms with Gasteiger partial charge in [-0.1, -0.05) is 0 Å². The molecule has 6 heteroatoms. The fourth-order valence-electron chi connectivity index (χ4n) is 2.68. The van der Waals surface area contributed by atoms with Crippen LogP contribution in [0.4, 0.5) is 17.3 Å². The lowest BCUT2D eigenvalue weighted by molar-refractivity contribution is 0.252. The minimum absolute atomic E-state index is 0.0775. The van der Waals surface area contributed by atoms with Crippen molar-refractivity contribution in [3.63, 3.8) is 0 Å². The lowest BCUT2D eigenvalue weighted by Crippen LogP contribution is -2.42. The van der Waals surface area contributed by atoms with E-state index in [1.165, 1.54) is 0 Å². The normalized spacial score (nSPS) is 17.8. The van der Waals surface area contributed by atoms with Gasteiger partial charge in [0, 0.05) is 18.6 Å². The standard InChI is InChI=1S/C15H28N6/c1-15(2,3)19-13-12(16)14(18-10-17-13)21(5)11-6-8-20(4)9-7-11/h10-11H,6-9,16H2,1-5H3,(H,17,18,19). The number of nitrogens with two attached hydrogens (primary N) is 1. The second-order valence-corrected chi connectivity index (χ2v) is 6.98. The Morgan fingerprint density at radius 1 is 1.29 bits per heavy atom. The summed E-state index contributed by atoms with van der Waals surface area (Å²) >= 11 is 0. The fraction of sp³-hybridized carbons (Fsp3) is 0.733. The van der Waals surface area contributed by atoms with E-state index in [0.29, 0.717) is 17.5 Å². The molecule has 0 bridgehead atoms. The van der Waals surface area contributed by atoms with Crippen molar-refractivity contribution in [1.29, 1.82) is 0 Å². The summed E-state index contributed by atoms with van der Waals surface area (Å²) in [5.74, 6) is 1.54. The van der Waals surface area contributed by atoms with E-state index in [4.69, 9.17) is 5.73 Å². The molecule has 0 saturated carbocycles. The first-order chi connectivity index (χ1) is 9.78. The van der Waals surface area contributed by atoms with E-state index in [9.17, 15) is 0 Å². The third-order valence-electron chi connectivity index (χ3n) is 3.93. The quantitative estimate of drug-likeness (QED) is 0.885. The van der Waals surface area contributed by atoms with Gasteiger partial charge < -0.3 is 20.9 Å². The molecule has 0 aromatic carbocycles. The molecule has 0 atom stereocenters. The summed E-state index contributed by atoms with van der Waals surface area (Å²) < 4.78 is 0. The first-order valence-corrected chi connectivity index (χ1v) is 7.58. The van der Waals surface area contributed by atoms with Crippen LogP contribution in [0.3, 0.4) is 0 Å². The molecule has 0 aliphatic carbocycles. The van der Waals surface area contributed by atoms with Crippen LogP contribution in [0, 0.1) is 0 Å². The topological polar surface area (TPSA) is 70.3 Å². The molecule has 118 valence electrons. The van der Waals surface area contributed by atoms with Crippen molar-refractivity contribution in [1.82, 2.24) is 14.9 Å². The van der Waals surface area contributed by atoms with Crippen molar-refractivity contribution in [2.75, 3.05) is 43.1 Å². The molecule has 0 spiro atoms. The average Bonchev–Trinajstić information content (AvgIpc) is 2.40. The number of nitrogens with zero attached hydrogens (tertiary/aromatic N) is 4. The molecule has 1 aromatic heterocycles. The first kappa shape index (κ1) is 15.8. The molecular weight excluding hydrogens is 264 g/mol. The van der Waals surface area contributed by atoms with Crippen LogP contribution < -0.4 is 16.0 Å². The number of hydrogen-bond acceptors (Lipinski definition) is 6. The van der Waals surface area contributed by atoms with E-state index in [0.717, 1.165) is 31.7 Å². The van der Waals surface area contributed by atoms with Crippen molar-refractivity contribution in [3.05, 3.63) is 6.33 Å². The van der Waals surface area contributed by atoms with Gasteiger partial charge in [0.25, 0.3) is 0 Å². The Labute approximate surface area is 127 Å². The Kier molecular flexibility index (Phi) is 4.56. The summed E-state index contributed by atoms with van der Waals surface area (Å²) in [5.41, 5.74) is 6.84. The summed E-state index contributed by atoms with van der Waals surface area (Å²) in [6.45, 7) is 8.51. The number of nitrogens with one attached hydrogen (secondary N) is 1. The zero-order valence-corrected chi connectivity index (χ0v) is 13.8. The molecule has 1 aliphatic rings. The monoisotopic (exact) mass is 292 g/mol. The predicted octanol–water partition coefficient (Wildman–Crippen LogP) is 1.80. The first-order valence-electron chi connectivity index (χ1n) is 7.58. The van der Waals surface area contributed by atoms with Gasteiger partial charge in [-0.2, -0.15) is 0 Å². The van der Waals surface area contributed by atoms with E-state index in [1.807, 2.05) is 0 Å². The minimum atomic E-state index is -0.0775. The summed E-state index contributed by atoms with van der Waals surface area (Å²) in [4.78, 5) is 13.2. The van der Waals surface area contributed by atoms with Crippen LogP contribution in [-0.2, 0) is 0 Å². The lowest BCUT2D eigenvalue weighted by atomic mass is 10.0. The van der Waals surface area contributed by atoms with E-state index in [2.05, 4.69) is 60.0 Å². The minimum Gasteiger partial charge on any atom is -0.393 e. The summed E-state index contributed by atoms with van der Waals surface area (Å²) in [5, 5.41) is 3.34. The maximum Gasteiger partial charge on any atom is 0.157 e. The van der Waals surface area contributed by atoms with E-state index in [-0.39, 0.29) is 5.54 Å². The van der Waals surface area contributed by atoms with Crippen LogP contribution in [0.2, 0.25) is 0 Å². The second kappa shape index (κ2) is 6.05. The Morgan fingerprint density at radius 2 is 1.90 bits per heavy atom. The van der Waals surface area contributed by atoms with Crippen LogP contribution in [-0.4, -0.2) is 53.6 Å². The summed E-state index contributed by atoms with van der Waals surface area (Å²) in [6.07, 6.45) is 3.86. The van der Waals surface area contributed by atoms with Crippen molar-refractivity contribution >= 4 is 17.3 Å². The maximum atomic E-state index is 6.29. The lowest BCUT2D eigenvalue weighted by Gasteiger charge is -2.36. The molecule has 1 aliphatic heterocycles. The van der Waals surface area contributed by atoms with Gasteiger partial charge in [-0.15, -0.1) is 0 Å². The van der Waals surface area contributed by atoms with Gasteiger partial charge in [0.05, 0.1) is 0 Å². The largest absolute Gasteiger partial charge is 0.393 e. The molecule has 1 fully saturated rings. The van der Waals surface area contributed by atoms with Gasteiger partial charge in [0.1, 0.15) is 12.0 Å². The zero-order chi connectivity index (χ0) is 15.6. The Bertz CT molecular complexity index is 474. The van der Waals surface area contributed by atoms with Crippen molar-refractivity contribution in [3.8, 4) is 0 Å². The molecule has 0 unspecified atom stereocenters. The van der Waals surface area contributed by atoms with Crippen molar-refractivity contribution in [2.45, 2.75) is 45.2 Å². The molecule has 0 amide bonds. The van der Waals surface area contributed by atoms with Crippen LogP contribution in [0.1, 0.15) is 33.6 Å². The highest BCUT2D eigenvalue weighted by molar-refractivity contribution is 5.75. The molecule has 21 heavy (non-hydrogen) atoms. The third kappa shape index (κ3) is 3.97. The molecule has 1 aromatic rings. The number of nitrogen functional groups attached to an aromatic ring is 1. The number of hydrogen-bond donors (Lipinski definition) is 2. The maximum absolute atomic E-state index is 6.29. The second-order valence-electron chi connectivity index (χ2n) is 6.98. The van der Waals surface area contributed by atoms with E-state index < -0.39 is 0 Å². The number of anilines is 3. The van der Waals surface area contributed by atoms with Gasteiger partial charge in [-0.3, -0.25) is 0 Å². The highest BCUT2D eigenvalue weighted by Crippen LogP contribution is 2.30. The third-order valence-corrected chi connectivity index (χ3v) is 3.93. The molecule has 1 saturated heterocycles. The predicted molar refractivity (Wildman–Crippen MR) is 88.7 cm³/mol.